The van der Waals surface area contributed by atoms with Gasteiger partial charge in [0, 0.05) is 31.5 Å². The Morgan fingerprint density at radius 2 is 2.10 bits per heavy atom. The van der Waals surface area contributed by atoms with E-state index in [1.165, 1.54) is 24.0 Å². The Morgan fingerprint density at radius 1 is 1.30 bits per heavy atom. The van der Waals surface area contributed by atoms with Crippen molar-refractivity contribution in [2.24, 2.45) is 5.73 Å². The average Bonchev–Trinajstić information content (AvgIpc) is 2.79. The molecule has 20 heavy (non-hydrogen) atoms. The summed E-state index contributed by atoms with van der Waals surface area (Å²) in [5.41, 5.74) is 8.77. The minimum absolute atomic E-state index is 0.132. The van der Waals surface area contributed by atoms with Crippen LogP contribution in [0, 0.1) is 0 Å². The van der Waals surface area contributed by atoms with Crippen LogP contribution in [0.1, 0.15) is 36.4 Å². The molecular weight excluding hydrogens is 254 g/mol. The van der Waals surface area contributed by atoms with Gasteiger partial charge in [0.1, 0.15) is 6.54 Å². The lowest BCUT2D eigenvalue weighted by molar-refractivity contribution is -0.135. The van der Waals surface area contributed by atoms with Crippen molar-refractivity contribution in [1.29, 1.82) is 0 Å². The third-order valence-electron chi connectivity index (χ3n) is 4.29. The first-order chi connectivity index (χ1) is 9.74. The van der Waals surface area contributed by atoms with Gasteiger partial charge in [0.25, 0.3) is 0 Å². The normalized spacial score (nSPS) is 23.2. The number of nitrogens with zero attached hydrogens (tertiary/aromatic N) is 2. The second-order valence-corrected chi connectivity index (χ2v) is 5.76. The zero-order valence-corrected chi connectivity index (χ0v) is 11.9. The highest BCUT2D eigenvalue weighted by molar-refractivity contribution is 5.76. The molecule has 110 valence electrons. The maximum atomic E-state index is 12.2. The fraction of sp³-hybridized carbons (Fsp3) is 0.667. The Morgan fingerprint density at radius 3 is 2.90 bits per heavy atom. The lowest BCUT2D eigenvalue weighted by Gasteiger charge is -2.27. The van der Waals surface area contributed by atoms with Crippen molar-refractivity contribution in [3.63, 3.8) is 0 Å². The molecule has 2 N–H and O–H groups in total. The van der Waals surface area contributed by atoms with Gasteiger partial charge >= 0.3 is 0 Å². The van der Waals surface area contributed by atoms with Crippen molar-refractivity contribution in [3.8, 4) is 0 Å². The number of fused-ring (bicyclic) bond motifs is 1. The van der Waals surface area contributed by atoms with Crippen LogP contribution in [0.15, 0.2) is 12.4 Å². The standard InChI is InChI=1S/C15H23N3O2/c16-14-4-2-1-3-12-9-17(10-13(12)14)11-15(19)18-5-7-20-8-6-18/h9-10,14H,1-8,11,16H2. The number of rotatable bonds is 2. The molecule has 5 heteroatoms. The van der Waals surface area contributed by atoms with Crippen LogP contribution in [-0.4, -0.2) is 41.7 Å². The Bertz CT molecular complexity index is 477. The maximum absolute atomic E-state index is 12.2. The molecule has 0 aromatic carbocycles. The number of amides is 1. The number of aromatic nitrogens is 1. The minimum atomic E-state index is 0.132. The summed E-state index contributed by atoms with van der Waals surface area (Å²) in [4.78, 5) is 14.1. The van der Waals surface area contributed by atoms with Gasteiger partial charge in [-0.3, -0.25) is 4.79 Å². The molecular formula is C15H23N3O2. The molecule has 5 nitrogen and oxygen atoms in total. The van der Waals surface area contributed by atoms with Gasteiger partial charge in [-0.1, -0.05) is 6.42 Å². The average molecular weight is 277 g/mol. The Hall–Kier alpha value is -1.33. The number of carbonyl (C=O) groups is 1. The van der Waals surface area contributed by atoms with E-state index in [2.05, 4.69) is 12.4 Å². The molecule has 1 aromatic rings. The number of ether oxygens (including phenoxy) is 1. The van der Waals surface area contributed by atoms with Crippen molar-refractivity contribution in [1.82, 2.24) is 9.47 Å². The second-order valence-electron chi connectivity index (χ2n) is 5.76. The zero-order chi connectivity index (χ0) is 13.9. The molecule has 2 heterocycles. The summed E-state index contributed by atoms with van der Waals surface area (Å²) in [7, 11) is 0. The SMILES string of the molecule is NC1CCCCc2cn(CC(=O)N3CCOCC3)cc21. The van der Waals surface area contributed by atoms with E-state index in [9.17, 15) is 4.79 Å². The van der Waals surface area contributed by atoms with Crippen molar-refractivity contribution < 1.29 is 9.53 Å². The highest BCUT2D eigenvalue weighted by Gasteiger charge is 2.20. The quantitative estimate of drug-likeness (QED) is 0.823. The molecule has 0 radical (unpaired) electrons. The zero-order valence-electron chi connectivity index (χ0n) is 11.9. The predicted octanol–water partition coefficient (Wildman–Crippen LogP) is 1.07. The predicted molar refractivity (Wildman–Crippen MR) is 76.3 cm³/mol. The number of aryl methyl sites for hydroxylation is 1. The van der Waals surface area contributed by atoms with Gasteiger partial charge in [0.05, 0.1) is 13.2 Å². The summed E-state index contributed by atoms with van der Waals surface area (Å²) in [5, 5.41) is 0. The van der Waals surface area contributed by atoms with E-state index >= 15 is 0 Å². The minimum Gasteiger partial charge on any atom is -0.378 e. The van der Waals surface area contributed by atoms with Crippen LogP contribution in [0.2, 0.25) is 0 Å². The van der Waals surface area contributed by atoms with Gasteiger partial charge in [0.2, 0.25) is 5.91 Å². The van der Waals surface area contributed by atoms with Crippen molar-refractivity contribution >= 4 is 5.91 Å². The molecule has 0 saturated carbocycles. The van der Waals surface area contributed by atoms with Crippen LogP contribution >= 0.6 is 0 Å². The van der Waals surface area contributed by atoms with Crippen LogP contribution in [0.3, 0.4) is 0 Å². The topological polar surface area (TPSA) is 60.5 Å². The first-order valence-corrected chi connectivity index (χ1v) is 7.53. The molecule has 1 atom stereocenters. The third kappa shape index (κ3) is 2.88. The van der Waals surface area contributed by atoms with E-state index in [1.54, 1.807) is 0 Å². The lowest BCUT2D eigenvalue weighted by Crippen LogP contribution is -2.42. The van der Waals surface area contributed by atoms with Gasteiger partial charge in [-0.2, -0.15) is 0 Å². The van der Waals surface area contributed by atoms with Crippen LogP contribution in [-0.2, 0) is 22.5 Å². The Balaban J connectivity index is 1.68. The monoisotopic (exact) mass is 277 g/mol. The van der Waals surface area contributed by atoms with Crippen molar-refractivity contribution in [3.05, 3.63) is 23.5 Å². The van der Waals surface area contributed by atoms with E-state index in [4.69, 9.17) is 10.5 Å². The fourth-order valence-corrected chi connectivity index (χ4v) is 3.11. The van der Waals surface area contributed by atoms with Crippen LogP contribution < -0.4 is 5.73 Å². The fourth-order valence-electron chi connectivity index (χ4n) is 3.11. The van der Waals surface area contributed by atoms with E-state index in [-0.39, 0.29) is 11.9 Å². The smallest absolute Gasteiger partial charge is 0.242 e. The molecule has 0 bridgehead atoms. The van der Waals surface area contributed by atoms with Crippen LogP contribution in [0.5, 0.6) is 0 Å². The molecule has 3 rings (SSSR count). The number of hydrogen-bond acceptors (Lipinski definition) is 3. The highest BCUT2D eigenvalue weighted by atomic mass is 16.5. The van der Waals surface area contributed by atoms with E-state index in [1.807, 2.05) is 9.47 Å². The van der Waals surface area contributed by atoms with E-state index in [0.717, 1.165) is 12.8 Å². The Labute approximate surface area is 119 Å². The number of nitrogens with two attached hydrogens (primary N) is 1. The van der Waals surface area contributed by atoms with Crippen molar-refractivity contribution in [2.75, 3.05) is 26.3 Å². The maximum Gasteiger partial charge on any atom is 0.242 e. The highest BCUT2D eigenvalue weighted by Crippen LogP contribution is 2.27. The molecule has 0 spiro atoms. The summed E-state index contributed by atoms with van der Waals surface area (Å²) in [6, 6.07) is 0.132. The van der Waals surface area contributed by atoms with E-state index in [0.29, 0.717) is 32.8 Å². The van der Waals surface area contributed by atoms with Gasteiger partial charge < -0.3 is 19.9 Å². The summed E-state index contributed by atoms with van der Waals surface area (Å²) >= 11 is 0. The molecule has 1 amide bonds. The molecule has 1 unspecified atom stereocenters. The molecule has 1 fully saturated rings. The molecule has 1 aliphatic heterocycles. The van der Waals surface area contributed by atoms with Gasteiger partial charge in [-0.05, 0) is 30.4 Å². The van der Waals surface area contributed by atoms with Gasteiger partial charge in [-0.15, -0.1) is 0 Å². The first kappa shape index (κ1) is 13.6. The van der Waals surface area contributed by atoms with E-state index < -0.39 is 0 Å². The molecule has 1 aromatic heterocycles. The second kappa shape index (κ2) is 5.97. The summed E-state index contributed by atoms with van der Waals surface area (Å²) in [6.07, 6.45) is 8.71. The Kier molecular flexibility index (Phi) is 4.08. The summed E-state index contributed by atoms with van der Waals surface area (Å²) < 4.78 is 7.28. The number of morpholine rings is 1. The number of carbonyl (C=O) groups excluding carboxylic acids is 1. The number of hydrogen-bond donors (Lipinski definition) is 1. The van der Waals surface area contributed by atoms with Crippen LogP contribution in [0.25, 0.3) is 0 Å². The molecule has 1 saturated heterocycles. The van der Waals surface area contributed by atoms with Crippen molar-refractivity contribution in [2.45, 2.75) is 38.3 Å². The largest absolute Gasteiger partial charge is 0.378 e. The molecule has 2 aliphatic rings. The third-order valence-corrected chi connectivity index (χ3v) is 4.29. The molecule has 1 aliphatic carbocycles. The van der Waals surface area contributed by atoms with Gasteiger partial charge in [-0.25, -0.2) is 0 Å². The summed E-state index contributed by atoms with van der Waals surface area (Å²) in [5.74, 6) is 0.173. The van der Waals surface area contributed by atoms with Gasteiger partial charge in [0.15, 0.2) is 0 Å². The lowest BCUT2D eigenvalue weighted by atomic mass is 10.1. The summed E-state index contributed by atoms with van der Waals surface area (Å²) in [6.45, 7) is 3.13. The van der Waals surface area contributed by atoms with Crippen LogP contribution in [0.4, 0.5) is 0 Å². The first-order valence-electron chi connectivity index (χ1n) is 7.53.